The summed E-state index contributed by atoms with van der Waals surface area (Å²) in [6.07, 6.45) is 10.2. The van der Waals surface area contributed by atoms with Crippen molar-refractivity contribution >= 4 is 23.5 Å². The van der Waals surface area contributed by atoms with E-state index in [2.05, 4.69) is 49.6 Å². The van der Waals surface area contributed by atoms with Crippen LogP contribution >= 0.6 is 11.3 Å². The Morgan fingerprint density at radius 3 is 3.08 bits per heavy atom. The first kappa shape index (κ1) is 8.76. The summed E-state index contributed by atoms with van der Waals surface area (Å²) in [6.45, 7) is 4.52. The third-order valence-corrected chi connectivity index (χ3v) is 3.60. The molecule has 0 aromatic carbocycles. The lowest BCUT2D eigenvalue weighted by Gasteiger charge is -2.18. The molecule has 1 heterocycles. The molecule has 1 atom stereocenters. The fraction of sp³-hybridized carbons (Fsp3) is 0.333. The number of hydrogen-bond donors (Lipinski definition) is 0. The summed E-state index contributed by atoms with van der Waals surface area (Å²) in [4.78, 5) is 0. The van der Waals surface area contributed by atoms with Crippen molar-refractivity contribution in [3.63, 3.8) is 0 Å². The zero-order chi connectivity index (χ0) is 9.31. The highest BCUT2D eigenvalue weighted by molar-refractivity contribution is 7.07. The Morgan fingerprint density at radius 1 is 1.46 bits per heavy atom. The minimum atomic E-state index is 0.239. The van der Waals surface area contributed by atoms with Crippen LogP contribution in [0.15, 0.2) is 23.6 Å². The van der Waals surface area contributed by atoms with Gasteiger partial charge in [-0.2, -0.15) is 0 Å². The highest BCUT2D eigenvalue weighted by Gasteiger charge is 2.15. The maximum Gasteiger partial charge on any atom is 0.0339 e. The molecule has 1 aromatic rings. The van der Waals surface area contributed by atoms with E-state index in [1.54, 1.807) is 0 Å². The van der Waals surface area contributed by atoms with E-state index in [1.165, 1.54) is 9.75 Å². The molecule has 1 aliphatic carbocycles. The SMILES string of the molecule is CCC1(C)C=CC=c2sccc2=C1. The van der Waals surface area contributed by atoms with Crippen LogP contribution in [-0.2, 0) is 0 Å². The summed E-state index contributed by atoms with van der Waals surface area (Å²) >= 11 is 1.81. The van der Waals surface area contributed by atoms with E-state index in [4.69, 9.17) is 0 Å². The molecule has 0 nitrogen and oxygen atoms in total. The predicted octanol–water partition coefficient (Wildman–Crippen LogP) is 2.30. The van der Waals surface area contributed by atoms with E-state index in [-0.39, 0.29) is 5.41 Å². The van der Waals surface area contributed by atoms with Crippen LogP contribution < -0.4 is 9.75 Å². The number of fused-ring (bicyclic) bond motifs is 1. The van der Waals surface area contributed by atoms with Crippen molar-refractivity contribution in [2.24, 2.45) is 5.41 Å². The Hall–Kier alpha value is -0.820. The second kappa shape index (κ2) is 3.15. The van der Waals surface area contributed by atoms with Crippen LogP contribution in [0.25, 0.3) is 12.2 Å². The lowest BCUT2D eigenvalue weighted by atomic mass is 9.87. The average molecular weight is 190 g/mol. The van der Waals surface area contributed by atoms with Gasteiger partial charge in [-0.15, -0.1) is 11.3 Å². The van der Waals surface area contributed by atoms with Gasteiger partial charge in [-0.1, -0.05) is 32.1 Å². The second-order valence-corrected chi connectivity index (χ2v) is 4.72. The molecule has 0 saturated carbocycles. The fourth-order valence-electron chi connectivity index (χ4n) is 1.56. The van der Waals surface area contributed by atoms with Crippen LogP contribution in [0, 0.1) is 5.41 Å². The van der Waals surface area contributed by atoms with Gasteiger partial charge in [-0.3, -0.25) is 0 Å². The van der Waals surface area contributed by atoms with Gasteiger partial charge in [0.25, 0.3) is 0 Å². The van der Waals surface area contributed by atoms with E-state index in [0.717, 1.165) is 6.42 Å². The third-order valence-electron chi connectivity index (χ3n) is 2.70. The van der Waals surface area contributed by atoms with Gasteiger partial charge in [0, 0.05) is 9.95 Å². The van der Waals surface area contributed by atoms with E-state index in [0.29, 0.717) is 0 Å². The summed E-state index contributed by atoms with van der Waals surface area (Å²) < 4.78 is 1.38. The largest absolute Gasteiger partial charge is 0.144 e. The van der Waals surface area contributed by atoms with Gasteiger partial charge in [0.2, 0.25) is 0 Å². The minimum Gasteiger partial charge on any atom is -0.144 e. The smallest absolute Gasteiger partial charge is 0.0339 e. The van der Waals surface area contributed by atoms with Crippen LogP contribution in [0.2, 0.25) is 0 Å². The lowest BCUT2D eigenvalue weighted by Crippen LogP contribution is -2.20. The van der Waals surface area contributed by atoms with Crippen LogP contribution in [0.4, 0.5) is 0 Å². The fourth-order valence-corrected chi connectivity index (χ4v) is 2.35. The Bertz CT molecular complexity index is 436. The van der Waals surface area contributed by atoms with Crippen molar-refractivity contribution in [1.29, 1.82) is 0 Å². The van der Waals surface area contributed by atoms with E-state index in [1.807, 2.05) is 11.3 Å². The van der Waals surface area contributed by atoms with Crippen molar-refractivity contribution in [3.05, 3.63) is 33.3 Å². The molecule has 0 fully saturated rings. The molecule has 1 heteroatoms. The van der Waals surface area contributed by atoms with Crippen LogP contribution in [0.5, 0.6) is 0 Å². The van der Waals surface area contributed by atoms with E-state index < -0.39 is 0 Å². The normalized spacial score (nSPS) is 25.7. The summed E-state index contributed by atoms with van der Waals surface area (Å²) in [5.41, 5.74) is 0.239. The van der Waals surface area contributed by atoms with Gasteiger partial charge < -0.3 is 0 Å². The Morgan fingerprint density at radius 2 is 2.31 bits per heavy atom. The van der Waals surface area contributed by atoms with Crippen LogP contribution in [-0.4, -0.2) is 0 Å². The third kappa shape index (κ3) is 1.61. The standard InChI is InChI=1S/C12H14S/c1-3-12(2)7-4-5-11-10(9-12)6-8-13-11/h4-9H,3H2,1-2H3. The van der Waals surface area contributed by atoms with Gasteiger partial charge in [-0.05, 0) is 29.2 Å². The first-order chi connectivity index (χ1) is 6.23. The molecule has 2 rings (SSSR count). The van der Waals surface area contributed by atoms with Gasteiger partial charge in [0.1, 0.15) is 0 Å². The summed E-state index contributed by atoms with van der Waals surface area (Å²) in [5, 5.41) is 3.55. The molecule has 0 aliphatic heterocycles. The van der Waals surface area contributed by atoms with E-state index >= 15 is 0 Å². The first-order valence-corrected chi connectivity index (χ1v) is 5.57. The Balaban J connectivity index is 2.66. The maximum atomic E-state index is 2.37. The lowest BCUT2D eigenvalue weighted by molar-refractivity contribution is 0.567. The first-order valence-electron chi connectivity index (χ1n) is 4.69. The monoisotopic (exact) mass is 190 g/mol. The van der Waals surface area contributed by atoms with Gasteiger partial charge in [0.15, 0.2) is 0 Å². The van der Waals surface area contributed by atoms with Crippen molar-refractivity contribution in [2.45, 2.75) is 20.3 Å². The summed E-state index contributed by atoms with van der Waals surface area (Å²) in [5.74, 6) is 0. The highest BCUT2D eigenvalue weighted by Crippen LogP contribution is 2.25. The molecule has 1 aromatic heterocycles. The molecule has 0 amide bonds. The quantitative estimate of drug-likeness (QED) is 0.637. The highest BCUT2D eigenvalue weighted by atomic mass is 32.1. The molecule has 0 spiro atoms. The zero-order valence-corrected chi connectivity index (χ0v) is 8.90. The molecule has 0 N–H and O–H groups in total. The number of allylic oxidation sites excluding steroid dienone is 2. The molecule has 1 unspecified atom stereocenters. The second-order valence-electron chi connectivity index (χ2n) is 3.77. The topological polar surface area (TPSA) is 0 Å². The van der Waals surface area contributed by atoms with Gasteiger partial charge in [-0.25, -0.2) is 0 Å². The zero-order valence-electron chi connectivity index (χ0n) is 8.08. The molecule has 0 saturated heterocycles. The average Bonchev–Trinajstić information content (AvgIpc) is 2.47. The predicted molar refractivity (Wildman–Crippen MR) is 60.0 cm³/mol. The summed E-state index contributed by atoms with van der Waals surface area (Å²) in [7, 11) is 0. The molecule has 1 aliphatic rings. The molecule has 68 valence electrons. The number of rotatable bonds is 1. The van der Waals surface area contributed by atoms with Crippen molar-refractivity contribution in [2.75, 3.05) is 0 Å². The Labute approximate surface area is 82.9 Å². The van der Waals surface area contributed by atoms with Gasteiger partial charge in [0.05, 0.1) is 0 Å². The molecule has 0 radical (unpaired) electrons. The molecule has 0 bridgehead atoms. The van der Waals surface area contributed by atoms with Crippen molar-refractivity contribution in [1.82, 2.24) is 0 Å². The molecular weight excluding hydrogens is 176 g/mol. The number of hydrogen-bond acceptors (Lipinski definition) is 1. The molecule has 13 heavy (non-hydrogen) atoms. The van der Waals surface area contributed by atoms with Gasteiger partial charge >= 0.3 is 0 Å². The van der Waals surface area contributed by atoms with Crippen molar-refractivity contribution < 1.29 is 0 Å². The molecular formula is C12H14S. The summed E-state index contributed by atoms with van der Waals surface area (Å²) in [6, 6.07) is 2.21. The maximum absolute atomic E-state index is 2.37. The van der Waals surface area contributed by atoms with Crippen molar-refractivity contribution in [3.8, 4) is 0 Å². The van der Waals surface area contributed by atoms with Crippen LogP contribution in [0.3, 0.4) is 0 Å². The minimum absolute atomic E-state index is 0.239. The number of thiophene rings is 1. The van der Waals surface area contributed by atoms with Crippen LogP contribution in [0.1, 0.15) is 20.3 Å². The Kier molecular flexibility index (Phi) is 2.12. The van der Waals surface area contributed by atoms with E-state index in [9.17, 15) is 0 Å².